The van der Waals surface area contributed by atoms with Crippen LogP contribution in [0.15, 0.2) is 60.7 Å². The Morgan fingerprint density at radius 2 is 1.62 bits per heavy atom. The van der Waals surface area contributed by atoms with Gasteiger partial charge in [-0.15, -0.1) is 0 Å². The van der Waals surface area contributed by atoms with Gasteiger partial charge in [0.2, 0.25) is 5.91 Å². The largest absolute Gasteiger partial charge is 0.392 e. The third kappa shape index (κ3) is 4.54. The third-order valence-electron chi connectivity index (χ3n) is 6.37. The van der Waals surface area contributed by atoms with Crippen molar-refractivity contribution in [3.05, 3.63) is 71.8 Å². The minimum absolute atomic E-state index is 0.0975. The van der Waals surface area contributed by atoms with E-state index in [0.717, 1.165) is 24.1 Å². The van der Waals surface area contributed by atoms with Crippen LogP contribution in [0, 0.1) is 5.92 Å². The number of rotatable bonds is 7. The van der Waals surface area contributed by atoms with E-state index in [1.165, 1.54) is 0 Å². The van der Waals surface area contributed by atoms with Crippen LogP contribution in [0.25, 0.3) is 0 Å². The number of β-amino-alcohol motifs (C(OH)–C–C–N with tert-alkyl or cyclic N) is 1. The van der Waals surface area contributed by atoms with Gasteiger partial charge in [-0.2, -0.15) is 0 Å². The maximum absolute atomic E-state index is 13.9. The van der Waals surface area contributed by atoms with Crippen molar-refractivity contribution in [3.63, 3.8) is 0 Å². The van der Waals surface area contributed by atoms with E-state index in [0.29, 0.717) is 19.0 Å². The quantitative estimate of drug-likeness (QED) is 0.781. The summed E-state index contributed by atoms with van der Waals surface area (Å²) in [6.07, 6.45) is 0.559. The molecule has 0 bridgehead atoms. The number of carbonyl (C=O) groups is 1. The molecule has 0 aromatic heterocycles. The van der Waals surface area contributed by atoms with Gasteiger partial charge in [-0.05, 0) is 30.4 Å². The summed E-state index contributed by atoms with van der Waals surface area (Å²) in [6.45, 7) is 8.65. The number of carbonyl (C=O) groups excluding carboxylic acids is 1. The van der Waals surface area contributed by atoms with Gasteiger partial charge in [0.05, 0.1) is 11.5 Å². The van der Waals surface area contributed by atoms with E-state index in [1.54, 1.807) is 0 Å². The van der Waals surface area contributed by atoms with Gasteiger partial charge in [0.1, 0.15) is 0 Å². The molecule has 4 heteroatoms. The van der Waals surface area contributed by atoms with E-state index < -0.39 is 5.41 Å². The number of likely N-dealkylation sites (tertiary alicyclic amines) is 1. The number of nitrogens with zero attached hydrogens (tertiary/aromatic N) is 2. The monoisotopic (exact) mass is 394 g/mol. The van der Waals surface area contributed by atoms with E-state index in [1.807, 2.05) is 79.5 Å². The molecule has 2 atom stereocenters. The first-order valence-corrected chi connectivity index (χ1v) is 10.6. The minimum Gasteiger partial charge on any atom is -0.392 e. The Hall–Kier alpha value is -2.17. The summed E-state index contributed by atoms with van der Waals surface area (Å²) >= 11 is 0. The second-order valence-corrected chi connectivity index (χ2v) is 8.79. The zero-order chi connectivity index (χ0) is 21.0. The molecular formula is C25H34N2O2. The molecule has 1 heterocycles. The topological polar surface area (TPSA) is 43.8 Å². The van der Waals surface area contributed by atoms with Gasteiger partial charge in [-0.3, -0.25) is 9.69 Å². The predicted octanol–water partition coefficient (Wildman–Crippen LogP) is 3.54. The first kappa shape index (κ1) is 21.5. The predicted molar refractivity (Wildman–Crippen MR) is 118 cm³/mol. The van der Waals surface area contributed by atoms with Crippen LogP contribution in [-0.4, -0.2) is 59.6 Å². The first-order chi connectivity index (χ1) is 13.8. The molecule has 29 heavy (non-hydrogen) atoms. The van der Waals surface area contributed by atoms with Gasteiger partial charge in [0.15, 0.2) is 0 Å². The van der Waals surface area contributed by atoms with E-state index >= 15 is 0 Å². The molecule has 1 unspecified atom stereocenters. The van der Waals surface area contributed by atoms with Crippen molar-refractivity contribution in [2.24, 2.45) is 5.92 Å². The number of amides is 1. The lowest BCUT2D eigenvalue weighted by Gasteiger charge is -2.38. The molecule has 1 saturated heterocycles. The summed E-state index contributed by atoms with van der Waals surface area (Å²) in [5, 5.41) is 9.98. The minimum atomic E-state index is -0.747. The van der Waals surface area contributed by atoms with Crippen LogP contribution in [0.5, 0.6) is 0 Å². The highest BCUT2D eigenvalue weighted by Crippen LogP contribution is 2.34. The van der Waals surface area contributed by atoms with Crippen molar-refractivity contribution in [2.75, 3.05) is 26.7 Å². The molecule has 1 amide bonds. The molecule has 0 saturated carbocycles. The van der Waals surface area contributed by atoms with Crippen molar-refractivity contribution >= 4 is 5.91 Å². The second kappa shape index (κ2) is 9.10. The molecule has 1 fully saturated rings. The Balaban J connectivity index is 1.89. The van der Waals surface area contributed by atoms with Crippen LogP contribution in [0.4, 0.5) is 0 Å². The Labute approximate surface area is 175 Å². The maximum Gasteiger partial charge on any atom is 0.237 e. The zero-order valence-electron chi connectivity index (χ0n) is 18.1. The van der Waals surface area contributed by atoms with Crippen molar-refractivity contribution in [3.8, 4) is 0 Å². The van der Waals surface area contributed by atoms with Gasteiger partial charge in [-0.1, -0.05) is 74.5 Å². The number of benzene rings is 2. The number of hydrogen-bond acceptors (Lipinski definition) is 3. The van der Waals surface area contributed by atoms with E-state index in [2.05, 4.69) is 18.7 Å². The van der Waals surface area contributed by atoms with Gasteiger partial charge in [-0.25, -0.2) is 0 Å². The molecule has 3 rings (SSSR count). The number of aliphatic hydroxyl groups excluding tert-OH is 1. The first-order valence-electron chi connectivity index (χ1n) is 10.6. The van der Waals surface area contributed by atoms with Gasteiger partial charge >= 0.3 is 0 Å². The molecule has 0 radical (unpaired) electrons. The normalized spacial score (nSPS) is 18.8. The standard InChI is InChI=1S/C25H34N2O2/c1-19(2)23(27-16-15-22(28)17-27)18-26(4)24(29)25(3,20-11-7-5-8-12-20)21-13-9-6-10-14-21/h5-14,19,22-23,28H,15-18H2,1-4H3/t22-,23?/m0/s1. The smallest absolute Gasteiger partial charge is 0.237 e. The molecule has 156 valence electrons. The average molecular weight is 395 g/mol. The van der Waals surface area contributed by atoms with Crippen molar-refractivity contribution in [2.45, 2.75) is 44.8 Å². The number of likely N-dealkylation sites (N-methyl/N-ethyl adjacent to an activating group) is 1. The summed E-state index contributed by atoms with van der Waals surface area (Å²) in [7, 11) is 1.91. The highest BCUT2D eigenvalue weighted by atomic mass is 16.3. The van der Waals surface area contributed by atoms with Gasteiger partial charge in [0.25, 0.3) is 0 Å². The van der Waals surface area contributed by atoms with Crippen LogP contribution in [0.1, 0.15) is 38.3 Å². The number of aliphatic hydroxyl groups is 1. The SMILES string of the molecule is CC(C)C(CN(C)C(=O)C(C)(c1ccccc1)c1ccccc1)N1CC[C@H](O)C1. The van der Waals surface area contributed by atoms with Gasteiger partial charge < -0.3 is 10.0 Å². The molecule has 2 aromatic rings. The molecule has 4 nitrogen and oxygen atoms in total. The molecule has 0 spiro atoms. The fraction of sp³-hybridized carbons (Fsp3) is 0.480. The maximum atomic E-state index is 13.9. The summed E-state index contributed by atoms with van der Waals surface area (Å²) in [5.41, 5.74) is 1.25. The molecule has 1 N–H and O–H groups in total. The van der Waals surface area contributed by atoms with Crippen LogP contribution in [0.3, 0.4) is 0 Å². The highest BCUT2D eigenvalue weighted by molar-refractivity contribution is 5.91. The Bertz CT molecular complexity index is 751. The lowest BCUT2D eigenvalue weighted by atomic mass is 9.75. The Morgan fingerprint density at radius 1 is 1.10 bits per heavy atom. The van der Waals surface area contributed by atoms with Crippen LogP contribution in [0.2, 0.25) is 0 Å². The van der Waals surface area contributed by atoms with E-state index in [9.17, 15) is 9.90 Å². The Morgan fingerprint density at radius 3 is 2.03 bits per heavy atom. The third-order valence-corrected chi connectivity index (χ3v) is 6.37. The lowest BCUT2D eigenvalue weighted by Crippen LogP contribution is -2.51. The molecule has 1 aliphatic rings. The van der Waals surface area contributed by atoms with Crippen LogP contribution < -0.4 is 0 Å². The van der Waals surface area contributed by atoms with Gasteiger partial charge in [0, 0.05) is 32.7 Å². The summed E-state index contributed by atoms with van der Waals surface area (Å²) in [6, 6.07) is 20.3. The highest BCUT2D eigenvalue weighted by Gasteiger charge is 2.40. The fourth-order valence-electron chi connectivity index (χ4n) is 4.52. The van der Waals surface area contributed by atoms with Crippen LogP contribution in [-0.2, 0) is 10.2 Å². The van der Waals surface area contributed by atoms with E-state index in [-0.39, 0.29) is 18.1 Å². The summed E-state index contributed by atoms with van der Waals surface area (Å²) in [4.78, 5) is 18.1. The zero-order valence-corrected chi connectivity index (χ0v) is 18.1. The molecule has 2 aromatic carbocycles. The fourth-order valence-corrected chi connectivity index (χ4v) is 4.52. The molecular weight excluding hydrogens is 360 g/mol. The average Bonchev–Trinajstić information content (AvgIpc) is 3.17. The second-order valence-electron chi connectivity index (χ2n) is 8.79. The Kier molecular flexibility index (Phi) is 6.76. The van der Waals surface area contributed by atoms with Crippen molar-refractivity contribution in [1.82, 2.24) is 9.80 Å². The summed E-state index contributed by atoms with van der Waals surface area (Å²) in [5.74, 6) is 0.496. The number of hydrogen-bond donors (Lipinski definition) is 1. The summed E-state index contributed by atoms with van der Waals surface area (Å²) < 4.78 is 0. The van der Waals surface area contributed by atoms with Crippen LogP contribution >= 0.6 is 0 Å². The van der Waals surface area contributed by atoms with Crippen molar-refractivity contribution < 1.29 is 9.90 Å². The lowest BCUT2D eigenvalue weighted by molar-refractivity contribution is -0.135. The molecule has 0 aliphatic carbocycles. The molecule has 1 aliphatic heterocycles. The van der Waals surface area contributed by atoms with E-state index in [4.69, 9.17) is 0 Å². The van der Waals surface area contributed by atoms with Crippen molar-refractivity contribution in [1.29, 1.82) is 0 Å².